The molecular formula is C21H25ClO7. The van der Waals surface area contributed by atoms with E-state index in [1.165, 1.54) is 20.3 Å². The minimum absolute atomic E-state index is 0.00000350. The number of carbonyl (C=O) groups excluding carboxylic acids is 3. The molecule has 0 spiro atoms. The molecule has 1 aromatic rings. The Morgan fingerprint density at radius 2 is 1.48 bits per heavy atom. The van der Waals surface area contributed by atoms with Crippen molar-refractivity contribution < 1.29 is 33.3 Å². The van der Waals surface area contributed by atoms with Crippen molar-refractivity contribution in [1.82, 2.24) is 0 Å². The number of allylic oxidation sites excluding steroid dienone is 1. The van der Waals surface area contributed by atoms with E-state index in [2.05, 4.69) is 0 Å². The average molecular weight is 425 g/mol. The van der Waals surface area contributed by atoms with Crippen molar-refractivity contribution in [2.45, 2.75) is 12.8 Å². The summed E-state index contributed by atoms with van der Waals surface area (Å²) in [5.74, 6) is -4.62. The summed E-state index contributed by atoms with van der Waals surface area (Å²) in [5, 5.41) is 0.351. The number of hydrogen-bond acceptors (Lipinski definition) is 7. The Hall–Kier alpha value is -2.22. The first-order valence-electron chi connectivity index (χ1n) is 9.20. The van der Waals surface area contributed by atoms with E-state index in [-0.39, 0.29) is 26.4 Å². The Balaban J connectivity index is 2.45. The molecule has 0 amide bonds. The number of benzene rings is 1. The van der Waals surface area contributed by atoms with Crippen LogP contribution in [-0.2, 0) is 33.3 Å². The zero-order valence-corrected chi connectivity index (χ0v) is 17.4. The molecule has 0 bridgehead atoms. The van der Waals surface area contributed by atoms with Gasteiger partial charge < -0.3 is 18.9 Å². The van der Waals surface area contributed by atoms with Gasteiger partial charge in [-0.05, 0) is 24.6 Å². The molecule has 0 radical (unpaired) electrons. The lowest BCUT2D eigenvalue weighted by Gasteiger charge is -2.35. The highest BCUT2D eigenvalue weighted by Gasteiger charge is 2.48. The smallest absolute Gasteiger partial charge is 0.317 e. The maximum atomic E-state index is 12.9. The van der Waals surface area contributed by atoms with E-state index >= 15 is 0 Å². The second kappa shape index (κ2) is 11.1. The normalized spacial score (nSPS) is 21.4. The van der Waals surface area contributed by atoms with Crippen LogP contribution in [-0.4, -0.2) is 58.4 Å². The molecule has 0 N–H and O–H groups in total. The molecule has 29 heavy (non-hydrogen) atoms. The fourth-order valence-electron chi connectivity index (χ4n) is 3.39. The Bertz CT molecular complexity index is 774. The van der Waals surface area contributed by atoms with Crippen LogP contribution in [0, 0.1) is 11.8 Å². The molecule has 1 aromatic carbocycles. The highest BCUT2D eigenvalue weighted by molar-refractivity contribution is 6.31. The molecule has 1 aliphatic rings. The fraction of sp³-hybridized carbons (Fsp3) is 0.476. The number of esters is 2. The number of methoxy groups -OCH3 is 2. The van der Waals surface area contributed by atoms with Crippen molar-refractivity contribution in [3.05, 3.63) is 46.5 Å². The van der Waals surface area contributed by atoms with Gasteiger partial charge in [0.2, 0.25) is 0 Å². The quantitative estimate of drug-likeness (QED) is 0.342. The monoisotopic (exact) mass is 424 g/mol. The van der Waals surface area contributed by atoms with Gasteiger partial charge >= 0.3 is 11.9 Å². The highest BCUT2D eigenvalue weighted by Crippen LogP contribution is 2.44. The molecule has 0 saturated heterocycles. The van der Waals surface area contributed by atoms with E-state index in [4.69, 9.17) is 30.5 Å². The van der Waals surface area contributed by atoms with E-state index in [9.17, 15) is 14.4 Å². The minimum Gasteiger partial charge on any atom is -0.463 e. The summed E-state index contributed by atoms with van der Waals surface area (Å²) in [6.45, 7) is 2.15. The first-order valence-corrected chi connectivity index (χ1v) is 9.57. The molecule has 8 heteroatoms. The lowest BCUT2D eigenvalue weighted by molar-refractivity contribution is -0.156. The second-order valence-corrected chi connectivity index (χ2v) is 7.02. The summed E-state index contributed by atoms with van der Waals surface area (Å²) in [6, 6.07) is 6.82. The number of carbonyl (C=O) groups is 3. The third-order valence-corrected chi connectivity index (χ3v) is 5.07. The molecule has 3 unspecified atom stereocenters. The van der Waals surface area contributed by atoms with Gasteiger partial charge in [0.05, 0.1) is 19.1 Å². The molecule has 2 rings (SSSR count). The predicted octanol–water partition coefficient (Wildman–Crippen LogP) is 2.56. The average Bonchev–Trinajstić information content (AvgIpc) is 2.68. The van der Waals surface area contributed by atoms with Crippen LogP contribution in [0.3, 0.4) is 0 Å². The van der Waals surface area contributed by atoms with Crippen molar-refractivity contribution in [2.75, 3.05) is 40.6 Å². The maximum absolute atomic E-state index is 12.9. The molecule has 0 aliphatic heterocycles. The molecule has 1 aliphatic carbocycles. The minimum atomic E-state index is -1.21. The molecule has 0 fully saturated rings. The van der Waals surface area contributed by atoms with Crippen LogP contribution in [0.1, 0.15) is 18.4 Å². The molecule has 3 atom stereocenters. The molecule has 158 valence electrons. The van der Waals surface area contributed by atoms with Gasteiger partial charge in [-0.2, -0.15) is 0 Å². The number of ketones is 1. The summed E-state index contributed by atoms with van der Waals surface area (Å²) in [4.78, 5) is 38.4. The second-order valence-electron chi connectivity index (χ2n) is 6.61. The Labute approximate surface area is 174 Å². The molecule has 0 saturated carbocycles. The van der Waals surface area contributed by atoms with Gasteiger partial charge in [0.1, 0.15) is 19.1 Å². The Kier molecular flexibility index (Phi) is 8.82. The van der Waals surface area contributed by atoms with Crippen molar-refractivity contribution in [1.29, 1.82) is 0 Å². The van der Waals surface area contributed by atoms with E-state index in [0.717, 1.165) is 0 Å². The zero-order valence-electron chi connectivity index (χ0n) is 16.7. The van der Waals surface area contributed by atoms with Crippen LogP contribution in [0.2, 0.25) is 5.02 Å². The number of halogens is 1. The summed E-state index contributed by atoms with van der Waals surface area (Å²) < 4.78 is 20.3. The van der Waals surface area contributed by atoms with Crippen molar-refractivity contribution >= 4 is 29.3 Å². The third-order valence-electron chi connectivity index (χ3n) is 4.72. The van der Waals surface area contributed by atoms with Crippen LogP contribution >= 0.6 is 11.6 Å². The van der Waals surface area contributed by atoms with Gasteiger partial charge in [-0.25, -0.2) is 0 Å². The van der Waals surface area contributed by atoms with E-state index in [1.54, 1.807) is 31.2 Å². The lowest BCUT2D eigenvalue weighted by atomic mass is 9.68. The number of rotatable bonds is 9. The third kappa shape index (κ3) is 5.65. The van der Waals surface area contributed by atoms with Crippen LogP contribution in [0.5, 0.6) is 0 Å². The largest absolute Gasteiger partial charge is 0.463 e. The van der Waals surface area contributed by atoms with Crippen LogP contribution in [0.4, 0.5) is 0 Å². The van der Waals surface area contributed by atoms with Gasteiger partial charge in [-0.1, -0.05) is 35.4 Å². The summed E-state index contributed by atoms with van der Waals surface area (Å²) in [7, 11) is 2.97. The van der Waals surface area contributed by atoms with Gasteiger partial charge in [-0.3, -0.25) is 14.4 Å². The fourth-order valence-corrected chi connectivity index (χ4v) is 3.65. The number of hydrogen-bond donors (Lipinski definition) is 0. The summed E-state index contributed by atoms with van der Waals surface area (Å²) in [6.07, 6.45) is 1.30. The van der Waals surface area contributed by atoms with Gasteiger partial charge in [0, 0.05) is 25.2 Å². The van der Waals surface area contributed by atoms with Gasteiger partial charge in [-0.15, -0.1) is 0 Å². The van der Waals surface area contributed by atoms with E-state index in [1.807, 2.05) is 0 Å². The van der Waals surface area contributed by atoms with Crippen molar-refractivity contribution in [3.63, 3.8) is 0 Å². The topological polar surface area (TPSA) is 88.1 Å². The molecule has 7 nitrogen and oxygen atoms in total. The Morgan fingerprint density at radius 1 is 0.931 bits per heavy atom. The van der Waals surface area contributed by atoms with Crippen LogP contribution < -0.4 is 0 Å². The van der Waals surface area contributed by atoms with Gasteiger partial charge in [0.25, 0.3) is 0 Å². The highest BCUT2D eigenvalue weighted by atomic mass is 35.5. The summed E-state index contributed by atoms with van der Waals surface area (Å²) >= 11 is 6.37. The predicted molar refractivity (Wildman–Crippen MR) is 106 cm³/mol. The zero-order chi connectivity index (χ0) is 21.4. The molecule has 0 heterocycles. The van der Waals surface area contributed by atoms with Crippen molar-refractivity contribution in [3.8, 4) is 0 Å². The van der Waals surface area contributed by atoms with E-state index < -0.39 is 35.5 Å². The van der Waals surface area contributed by atoms with E-state index in [0.29, 0.717) is 16.2 Å². The van der Waals surface area contributed by atoms with Gasteiger partial charge in [0.15, 0.2) is 5.78 Å². The standard InChI is InChI=1S/C21H25ClO7/c1-13-12-16(23)19(21(25)29-11-9-27-3)18(14-6-4-5-7-15(14)22)17(13)20(24)28-10-8-26-2/h4-7,12,17-19H,8-11H2,1-3H3. The van der Waals surface area contributed by atoms with Crippen LogP contribution in [0.15, 0.2) is 35.9 Å². The van der Waals surface area contributed by atoms with Crippen LogP contribution in [0.25, 0.3) is 0 Å². The Morgan fingerprint density at radius 3 is 2.03 bits per heavy atom. The molecule has 0 aromatic heterocycles. The first kappa shape index (κ1) is 23.1. The van der Waals surface area contributed by atoms with Crippen molar-refractivity contribution in [2.24, 2.45) is 11.8 Å². The summed E-state index contributed by atoms with van der Waals surface area (Å²) in [5.41, 5.74) is 1.01. The number of ether oxygens (including phenoxy) is 4. The maximum Gasteiger partial charge on any atom is 0.317 e. The SMILES string of the molecule is COCCOC(=O)C1C(=O)C=C(C)C(C(=O)OCCOC)C1c1ccccc1Cl. The lowest BCUT2D eigenvalue weighted by Crippen LogP contribution is -2.42. The first-order chi connectivity index (χ1) is 13.9. The molecular weight excluding hydrogens is 400 g/mol.